The predicted molar refractivity (Wildman–Crippen MR) is 112 cm³/mol. The lowest BCUT2D eigenvalue weighted by atomic mass is 10.0. The van der Waals surface area contributed by atoms with Crippen LogP contribution in [0, 0.1) is 5.92 Å². The fraction of sp³-hybridized carbons (Fsp3) is 0.476. The van der Waals surface area contributed by atoms with E-state index in [0.29, 0.717) is 12.3 Å². The smallest absolute Gasteiger partial charge is 0.247 e. The molecular formula is C21H29N3O4S. The summed E-state index contributed by atoms with van der Waals surface area (Å²) in [4.78, 5) is 6.30. The Morgan fingerprint density at radius 1 is 1.31 bits per heavy atom. The number of aliphatic hydroxyl groups is 1. The summed E-state index contributed by atoms with van der Waals surface area (Å²) in [6.07, 6.45) is 3.23. The molecule has 3 atom stereocenters. The monoisotopic (exact) mass is 419 g/mol. The summed E-state index contributed by atoms with van der Waals surface area (Å²) in [5.74, 6) is 0.274. The van der Waals surface area contributed by atoms with Crippen molar-refractivity contribution < 1.29 is 18.3 Å². The maximum Gasteiger partial charge on any atom is 0.247 e. The number of fused-ring (bicyclic) bond motifs is 1. The number of aliphatic hydroxyl groups excluding tert-OH is 1. The van der Waals surface area contributed by atoms with Crippen LogP contribution in [-0.2, 0) is 10.0 Å². The first-order chi connectivity index (χ1) is 13.7. The van der Waals surface area contributed by atoms with Gasteiger partial charge in [-0.1, -0.05) is 19.1 Å². The van der Waals surface area contributed by atoms with Crippen molar-refractivity contribution in [2.75, 3.05) is 33.8 Å². The Morgan fingerprint density at radius 3 is 2.69 bits per heavy atom. The standard InChI is InChI=1S/C21H29N3O4S/c1-15-12-24(16(2)14-25)29(26,27)21-8-7-17(18-6-5-9-22-11-18)10-19(21)28-20(15)13-23(3)4/h5-11,15-16,20,25H,12-14H2,1-4H3/t15-,16+,20-/m1/s1. The zero-order valence-corrected chi connectivity index (χ0v) is 18.1. The minimum atomic E-state index is -3.82. The van der Waals surface area contributed by atoms with Gasteiger partial charge in [0.05, 0.1) is 6.61 Å². The van der Waals surface area contributed by atoms with E-state index >= 15 is 0 Å². The maximum absolute atomic E-state index is 13.4. The Balaban J connectivity index is 2.14. The molecule has 0 bridgehead atoms. The van der Waals surface area contributed by atoms with Crippen LogP contribution in [0.2, 0.25) is 0 Å². The normalized spacial score (nSPS) is 23.0. The second kappa shape index (κ2) is 8.79. The van der Waals surface area contributed by atoms with Gasteiger partial charge in [0, 0.05) is 43.0 Å². The molecule has 1 N–H and O–H groups in total. The lowest BCUT2D eigenvalue weighted by molar-refractivity contribution is 0.0813. The number of benzene rings is 1. The Bertz CT molecular complexity index is 934. The Morgan fingerprint density at radius 2 is 2.07 bits per heavy atom. The summed E-state index contributed by atoms with van der Waals surface area (Å²) in [6.45, 7) is 4.40. The van der Waals surface area contributed by atoms with Crippen LogP contribution >= 0.6 is 0 Å². The van der Waals surface area contributed by atoms with Crippen LogP contribution in [0.25, 0.3) is 11.1 Å². The molecule has 158 valence electrons. The highest BCUT2D eigenvalue weighted by molar-refractivity contribution is 7.89. The highest BCUT2D eigenvalue weighted by Crippen LogP contribution is 2.36. The van der Waals surface area contributed by atoms with Gasteiger partial charge in [0.2, 0.25) is 10.0 Å². The van der Waals surface area contributed by atoms with E-state index in [0.717, 1.165) is 11.1 Å². The van der Waals surface area contributed by atoms with Crippen molar-refractivity contribution in [3.05, 3.63) is 42.7 Å². The lowest BCUT2D eigenvalue weighted by Crippen LogP contribution is -2.49. The third-order valence-electron chi connectivity index (χ3n) is 5.21. The van der Waals surface area contributed by atoms with Crippen molar-refractivity contribution in [1.29, 1.82) is 0 Å². The number of pyridine rings is 1. The quantitative estimate of drug-likeness (QED) is 0.799. The van der Waals surface area contributed by atoms with Gasteiger partial charge in [0.15, 0.2) is 0 Å². The van der Waals surface area contributed by atoms with Crippen LogP contribution in [0.1, 0.15) is 13.8 Å². The number of hydrogen-bond acceptors (Lipinski definition) is 6. The van der Waals surface area contributed by atoms with E-state index in [1.54, 1.807) is 37.5 Å². The molecule has 0 saturated heterocycles. The fourth-order valence-corrected chi connectivity index (χ4v) is 5.34. The summed E-state index contributed by atoms with van der Waals surface area (Å²) in [6, 6.07) is 8.37. The van der Waals surface area contributed by atoms with Crippen LogP contribution in [-0.4, -0.2) is 73.7 Å². The van der Waals surface area contributed by atoms with Crippen LogP contribution in [0.3, 0.4) is 0 Å². The first-order valence-electron chi connectivity index (χ1n) is 9.72. The summed E-state index contributed by atoms with van der Waals surface area (Å²) < 4.78 is 34.5. The molecule has 0 fully saturated rings. The van der Waals surface area contributed by atoms with Crippen molar-refractivity contribution in [2.24, 2.45) is 5.92 Å². The Hall–Kier alpha value is -2.00. The largest absolute Gasteiger partial charge is 0.487 e. The molecule has 29 heavy (non-hydrogen) atoms. The first-order valence-corrected chi connectivity index (χ1v) is 11.2. The molecule has 0 saturated carbocycles. The molecule has 3 rings (SSSR count). The van der Waals surface area contributed by atoms with Crippen molar-refractivity contribution in [3.8, 4) is 16.9 Å². The van der Waals surface area contributed by atoms with Gasteiger partial charge >= 0.3 is 0 Å². The molecule has 0 aliphatic carbocycles. The van der Waals surface area contributed by atoms with Crippen LogP contribution in [0.15, 0.2) is 47.6 Å². The molecule has 8 heteroatoms. The fourth-order valence-electron chi connectivity index (χ4n) is 3.52. The second-order valence-corrected chi connectivity index (χ2v) is 9.76. The molecular weight excluding hydrogens is 390 g/mol. The predicted octanol–water partition coefficient (Wildman–Crippen LogP) is 2.08. The van der Waals surface area contributed by atoms with Gasteiger partial charge in [-0.2, -0.15) is 4.31 Å². The molecule has 7 nitrogen and oxygen atoms in total. The highest BCUT2D eigenvalue weighted by atomic mass is 32.2. The minimum absolute atomic E-state index is 0.0589. The average Bonchev–Trinajstić information content (AvgIpc) is 2.70. The molecule has 2 aromatic rings. The van der Waals surface area contributed by atoms with Crippen LogP contribution in [0.4, 0.5) is 0 Å². The SMILES string of the molecule is C[C@@H]1CN([C@@H](C)CO)S(=O)(=O)c2ccc(-c3cccnc3)cc2O[C@@H]1CN(C)C. The molecule has 0 radical (unpaired) electrons. The maximum atomic E-state index is 13.4. The average molecular weight is 420 g/mol. The van der Waals surface area contributed by atoms with Crippen molar-refractivity contribution in [2.45, 2.75) is 30.9 Å². The van der Waals surface area contributed by atoms with Crippen molar-refractivity contribution >= 4 is 10.0 Å². The highest BCUT2D eigenvalue weighted by Gasteiger charge is 2.37. The number of rotatable bonds is 5. The van der Waals surface area contributed by atoms with E-state index in [9.17, 15) is 13.5 Å². The Labute approximate surface area is 173 Å². The van der Waals surface area contributed by atoms with Crippen LogP contribution < -0.4 is 4.74 Å². The number of ether oxygens (including phenoxy) is 1. The van der Waals surface area contributed by atoms with Crippen molar-refractivity contribution in [3.63, 3.8) is 0 Å². The molecule has 1 aliphatic heterocycles. The lowest BCUT2D eigenvalue weighted by Gasteiger charge is -2.37. The second-order valence-electron chi connectivity index (χ2n) is 7.91. The number of sulfonamides is 1. The van der Waals surface area contributed by atoms with Gasteiger partial charge in [-0.3, -0.25) is 4.98 Å². The third-order valence-corrected chi connectivity index (χ3v) is 7.23. The van der Waals surface area contributed by atoms with Gasteiger partial charge < -0.3 is 14.7 Å². The van der Waals surface area contributed by atoms with E-state index in [-0.39, 0.29) is 30.1 Å². The first kappa shape index (κ1) is 21.7. The third kappa shape index (κ3) is 4.61. The minimum Gasteiger partial charge on any atom is -0.487 e. The van der Waals surface area contributed by atoms with Gasteiger partial charge in [-0.15, -0.1) is 0 Å². The van der Waals surface area contributed by atoms with Gasteiger partial charge in [0.1, 0.15) is 16.7 Å². The van der Waals surface area contributed by atoms with E-state index < -0.39 is 16.1 Å². The topological polar surface area (TPSA) is 83.0 Å². The molecule has 0 spiro atoms. The zero-order chi connectivity index (χ0) is 21.2. The molecule has 1 aromatic heterocycles. The molecule has 0 unspecified atom stereocenters. The molecule has 0 amide bonds. The number of hydrogen-bond donors (Lipinski definition) is 1. The summed E-state index contributed by atoms with van der Waals surface area (Å²) in [5.41, 5.74) is 1.72. The van der Waals surface area contributed by atoms with E-state index in [1.165, 1.54) is 4.31 Å². The van der Waals surface area contributed by atoms with Gasteiger partial charge in [-0.05, 0) is 44.8 Å². The van der Waals surface area contributed by atoms with Crippen LogP contribution in [0.5, 0.6) is 5.75 Å². The molecule has 1 aromatic carbocycles. The zero-order valence-electron chi connectivity index (χ0n) is 17.3. The summed E-state index contributed by atoms with van der Waals surface area (Å²) >= 11 is 0. The molecule has 1 aliphatic rings. The molecule has 2 heterocycles. The Kier molecular flexibility index (Phi) is 6.58. The summed E-state index contributed by atoms with van der Waals surface area (Å²) in [7, 11) is 0.111. The van der Waals surface area contributed by atoms with E-state index in [2.05, 4.69) is 4.98 Å². The number of aromatic nitrogens is 1. The number of nitrogens with zero attached hydrogens (tertiary/aromatic N) is 3. The van der Waals surface area contributed by atoms with E-state index in [1.807, 2.05) is 38.1 Å². The van der Waals surface area contributed by atoms with Gasteiger partial charge in [0.25, 0.3) is 0 Å². The number of likely N-dealkylation sites (N-methyl/N-ethyl adjacent to an activating group) is 1. The van der Waals surface area contributed by atoms with E-state index in [4.69, 9.17) is 4.74 Å². The summed E-state index contributed by atoms with van der Waals surface area (Å²) in [5, 5.41) is 9.67. The van der Waals surface area contributed by atoms with Gasteiger partial charge in [-0.25, -0.2) is 8.42 Å². The van der Waals surface area contributed by atoms with Crippen molar-refractivity contribution in [1.82, 2.24) is 14.2 Å².